The van der Waals surface area contributed by atoms with Crippen LogP contribution in [-0.4, -0.2) is 44.7 Å². The van der Waals surface area contributed by atoms with Gasteiger partial charge in [0.15, 0.2) is 0 Å². The summed E-state index contributed by atoms with van der Waals surface area (Å²) >= 11 is 0. The molecule has 1 N–H and O–H groups in total. The second-order valence-electron chi connectivity index (χ2n) is 6.46. The zero-order chi connectivity index (χ0) is 14.8. The van der Waals surface area contributed by atoms with Crippen LogP contribution < -0.4 is 10.2 Å². The van der Waals surface area contributed by atoms with Gasteiger partial charge in [-0.05, 0) is 57.5 Å². The zero-order valence-corrected chi connectivity index (χ0v) is 13.1. The number of para-hydroxylation sites is 1. The fourth-order valence-electron chi connectivity index (χ4n) is 4.10. The van der Waals surface area contributed by atoms with E-state index < -0.39 is 0 Å². The minimum Gasteiger partial charge on any atom is -0.369 e. The van der Waals surface area contributed by atoms with Gasteiger partial charge in [0.2, 0.25) is 0 Å². The molecule has 0 radical (unpaired) electrons. The Morgan fingerprint density at radius 3 is 2.95 bits per heavy atom. The Bertz CT molecular complexity index is 491. The van der Waals surface area contributed by atoms with Crippen molar-refractivity contribution in [3.63, 3.8) is 0 Å². The summed E-state index contributed by atoms with van der Waals surface area (Å²) in [6.45, 7) is 3.89. The Morgan fingerprint density at radius 2 is 2.14 bits per heavy atom. The number of anilines is 1. The van der Waals surface area contributed by atoms with Crippen molar-refractivity contribution < 1.29 is 4.39 Å². The van der Waals surface area contributed by atoms with Crippen LogP contribution in [-0.2, 0) is 6.54 Å². The molecule has 0 spiro atoms. The van der Waals surface area contributed by atoms with Gasteiger partial charge in [-0.2, -0.15) is 0 Å². The Balaban J connectivity index is 1.82. The van der Waals surface area contributed by atoms with E-state index in [-0.39, 0.29) is 5.82 Å². The van der Waals surface area contributed by atoms with Crippen LogP contribution in [0.5, 0.6) is 0 Å². The fourth-order valence-corrected chi connectivity index (χ4v) is 4.10. The largest absolute Gasteiger partial charge is 0.369 e. The fraction of sp³-hybridized carbons (Fsp3) is 0.647. The molecule has 2 unspecified atom stereocenters. The van der Waals surface area contributed by atoms with Gasteiger partial charge in [-0.15, -0.1) is 0 Å². The molecule has 0 saturated carbocycles. The molecule has 0 bridgehead atoms. The molecule has 2 aliphatic rings. The van der Waals surface area contributed by atoms with Gasteiger partial charge < -0.3 is 15.1 Å². The van der Waals surface area contributed by atoms with Crippen molar-refractivity contribution >= 4 is 5.69 Å². The van der Waals surface area contributed by atoms with Crippen LogP contribution in [0.4, 0.5) is 10.1 Å². The molecule has 2 atom stereocenters. The Hall–Kier alpha value is -1.13. The molecule has 0 aliphatic carbocycles. The zero-order valence-electron chi connectivity index (χ0n) is 13.1. The predicted octanol–water partition coefficient (Wildman–Crippen LogP) is 2.47. The molecule has 0 aromatic heterocycles. The maximum atomic E-state index is 14.4. The lowest BCUT2D eigenvalue weighted by molar-refractivity contribution is 0.102. The van der Waals surface area contributed by atoms with Gasteiger partial charge in [0.1, 0.15) is 5.82 Å². The normalized spacial score (nSPS) is 26.7. The molecule has 0 amide bonds. The quantitative estimate of drug-likeness (QED) is 0.923. The van der Waals surface area contributed by atoms with E-state index in [4.69, 9.17) is 0 Å². The summed E-state index contributed by atoms with van der Waals surface area (Å²) in [7, 11) is 4.15. The summed E-state index contributed by atoms with van der Waals surface area (Å²) < 4.78 is 14.4. The van der Waals surface area contributed by atoms with E-state index >= 15 is 0 Å². The third kappa shape index (κ3) is 2.92. The average Bonchev–Trinajstić information content (AvgIpc) is 2.48. The van der Waals surface area contributed by atoms with Crippen molar-refractivity contribution in [3.05, 3.63) is 29.6 Å². The van der Waals surface area contributed by atoms with Gasteiger partial charge in [-0.1, -0.05) is 12.1 Å². The lowest BCUT2D eigenvalue weighted by atomic mass is 9.84. The number of benzene rings is 1. The first kappa shape index (κ1) is 14.8. The number of fused-ring (bicyclic) bond motifs is 1. The van der Waals surface area contributed by atoms with Crippen LogP contribution in [0.15, 0.2) is 18.2 Å². The highest BCUT2D eigenvalue weighted by molar-refractivity contribution is 5.55. The molecular weight excluding hydrogens is 265 g/mol. The topological polar surface area (TPSA) is 18.5 Å². The van der Waals surface area contributed by atoms with Gasteiger partial charge in [0, 0.05) is 25.7 Å². The van der Waals surface area contributed by atoms with Gasteiger partial charge in [0.25, 0.3) is 0 Å². The lowest BCUT2D eigenvalue weighted by Gasteiger charge is -2.47. The SMILES string of the molecule is CNCc1cccc(F)c1N1CCC2C(CCCN2C)C1. The average molecular weight is 291 g/mol. The van der Waals surface area contributed by atoms with E-state index in [1.54, 1.807) is 6.07 Å². The number of halogens is 1. The van der Waals surface area contributed by atoms with Crippen molar-refractivity contribution in [1.82, 2.24) is 10.2 Å². The maximum Gasteiger partial charge on any atom is 0.146 e. The molecule has 3 rings (SSSR count). The van der Waals surface area contributed by atoms with Crippen molar-refractivity contribution in [1.29, 1.82) is 0 Å². The predicted molar refractivity (Wildman–Crippen MR) is 85.1 cm³/mol. The summed E-state index contributed by atoms with van der Waals surface area (Å²) in [4.78, 5) is 4.78. The number of nitrogens with zero attached hydrogens (tertiary/aromatic N) is 2. The lowest BCUT2D eigenvalue weighted by Crippen LogP contribution is -2.53. The number of piperidine rings is 2. The van der Waals surface area contributed by atoms with E-state index in [1.807, 2.05) is 19.2 Å². The molecular formula is C17H26FN3. The number of likely N-dealkylation sites (tertiary alicyclic amines) is 1. The van der Waals surface area contributed by atoms with Crippen LogP contribution in [0.2, 0.25) is 0 Å². The second kappa shape index (κ2) is 6.32. The standard InChI is InChI=1S/C17H26FN3/c1-19-11-13-5-3-7-15(18)17(13)21-10-8-16-14(12-21)6-4-9-20(16)2/h3,5,7,14,16,19H,4,6,8-12H2,1-2H3. The Labute approximate surface area is 127 Å². The molecule has 21 heavy (non-hydrogen) atoms. The summed E-state index contributed by atoms with van der Waals surface area (Å²) in [5.74, 6) is 0.602. The van der Waals surface area contributed by atoms with E-state index in [1.165, 1.54) is 19.4 Å². The first-order chi connectivity index (χ1) is 10.2. The molecule has 4 heteroatoms. The van der Waals surface area contributed by atoms with Gasteiger partial charge >= 0.3 is 0 Å². The van der Waals surface area contributed by atoms with Crippen LogP contribution in [0.25, 0.3) is 0 Å². The minimum atomic E-state index is -0.0784. The van der Waals surface area contributed by atoms with Crippen LogP contribution in [0, 0.1) is 11.7 Å². The molecule has 1 aromatic carbocycles. The Kier molecular flexibility index (Phi) is 4.45. The summed E-state index contributed by atoms with van der Waals surface area (Å²) in [5.41, 5.74) is 1.89. The molecule has 2 heterocycles. The third-order valence-corrected chi connectivity index (χ3v) is 5.10. The highest BCUT2D eigenvalue weighted by Gasteiger charge is 2.35. The van der Waals surface area contributed by atoms with Crippen molar-refractivity contribution in [2.45, 2.75) is 31.8 Å². The van der Waals surface area contributed by atoms with E-state index in [0.29, 0.717) is 12.0 Å². The highest BCUT2D eigenvalue weighted by Crippen LogP contribution is 2.34. The molecule has 2 aliphatic heterocycles. The van der Waals surface area contributed by atoms with Gasteiger partial charge in [-0.25, -0.2) is 4.39 Å². The highest BCUT2D eigenvalue weighted by atomic mass is 19.1. The van der Waals surface area contributed by atoms with E-state index in [0.717, 1.165) is 37.3 Å². The van der Waals surface area contributed by atoms with Crippen LogP contribution in [0.1, 0.15) is 24.8 Å². The summed E-state index contributed by atoms with van der Waals surface area (Å²) in [6.07, 6.45) is 3.70. The van der Waals surface area contributed by atoms with Crippen molar-refractivity contribution in [2.24, 2.45) is 5.92 Å². The molecule has 1 aromatic rings. The second-order valence-corrected chi connectivity index (χ2v) is 6.46. The number of rotatable bonds is 3. The van der Waals surface area contributed by atoms with Crippen LogP contribution in [0.3, 0.4) is 0 Å². The number of hydrogen-bond acceptors (Lipinski definition) is 3. The minimum absolute atomic E-state index is 0.0784. The molecule has 116 valence electrons. The Morgan fingerprint density at radius 1 is 1.29 bits per heavy atom. The van der Waals surface area contributed by atoms with E-state index in [9.17, 15) is 4.39 Å². The van der Waals surface area contributed by atoms with Crippen LogP contribution >= 0.6 is 0 Å². The summed E-state index contributed by atoms with van der Waals surface area (Å²) in [6, 6.07) is 6.13. The monoisotopic (exact) mass is 291 g/mol. The number of nitrogens with one attached hydrogen (secondary N) is 1. The maximum absolute atomic E-state index is 14.4. The molecule has 2 fully saturated rings. The number of hydrogen-bond donors (Lipinski definition) is 1. The van der Waals surface area contributed by atoms with E-state index in [2.05, 4.69) is 22.2 Å². The van der Waals surface area contributed by atoms with Crippen molar-refractivity contribution in [2.75, 3.05) is 38.6 Å². The van der Waals surface area contributed by atoms with Crippen molar-refractivity contribution in [3.8, 4) is 0 Å². The van der Waals surface area contributed by atoms with Gasteiger partial charge in [-0.3, -0.25) is 0 Å². The molecule has 2 saturated heterocycles. The first-order valence-electron chi connectivity index (χ1n) is 8.08. The third-order valence-electron chi connectivity index (χ3n) is 5.10. The molecule has 3 nitrogen and oxygen atoms in total. The first-order valence-corrected chi connectivity index (χ1v) is 8.08. The summed E-state index contributed by atoms with van der Waals surface area (Å²) in [5, 5.41) is 3.15. The van der Waals surface area contributed by atoms with Gasteiger partial charge in [0.05, 0.1) is 5.69 Å². The smallest absolute Gasteiger partial charge is 0.146 e.